The fraction of sp³-hybridized carbons (Fsp3) is 0.0833. The Morgan fingerprint density at radius 1 is 0.643 bits per heavy atom. The van der Waals surface area contributed by atoms with Crippen molar-refractivity contribution in [1.29, 1.82) is 0 Å². The van der Waals surface area contributed by atoms with Crippen molar-refractivity contribution < 1.29 is 19.1 Å². The SMILES string of the molecule is CC(=O)OC(=C\C=C/c1ccccc1)/C(=C/C=C\c1ccccc1)OC(C)=O. The highest BCUT2D eigenvalue weighted by atomic mass is 16.6. The van der Waals surface area contributed by atoms with Gasteiger partial charge in [0.2, 0.25) is 0 Å². The van der Waals surface area contributed by atoms with Crippen LogP contribution in [0.5, 0.6) is 0 Å². The number of carbonyl (C=O) groups is 2. The summed E-state index contributed by atoms with van der Waals surface area (Å²) in [4.78, 5) is 23.0. The summed E-state index contributed by atoms with van der Waals surface area (Å²) in [6.07, 6.45) is 10.3. The maximum absolute atomic E-state index is 11.5. The van der Waals surface area contributed by atoms with Crippen LogP contribution < -0.4 is 0 Å². The zero-order chi connectivity index (χ0) is 20.2. The van der Waals surface area contributed by atoms with Crippen LogP contribution in [0.3, 0.4) is 0 Å². The molecular weight excluding hydrogens is 352 g/mol. The number of rotatable bonds is 7. The molecule has 0 radical (unpaired) electrons. The molecule has 4 nitrogen and oxygen atoms in total. The maximum atomic E-state index is 11.5. The molecule has 0 aromatic heterocycles. The number of esters is 2. The van der Waals surface area contributed by atoms with Gasteiger partial charge in [0.25, 0.3) is 0 Å². The Balaban J connectivity index is 2.30. The van der Waals surface area contributed by atoms with E-state index in [0.29, 0.717) is 0 Å². The molecule has 0 saturated carbocycles. The molecule has 2 rings (SSSR count). The van der Waals surface area contributed by atoms with E-state index >= 15 is 0 Å². The number of carbonyl (C=O) groups excluding carboxylic acids is 2. The molecule has 2 aromatic carbocycles. The van der Waals surface area contributed by atoms with E-state index in [1.807, 2.05) is 72.8 Å². The lowest BCUT2D eigenvalue weighted by molar-refractivity contribution is -0.141. The first-order chi connectivity index (χ1) is 13.5. The van der Waals surface area contributed by atoms with E-state index in [9.17, 15) is 9.59 Å². The molecule has 0 fully saturated rings. The standard InChI is InChI=1S/C24H22O4/c1-19(25)27-23(17-9-15-21-11-5-3-6-12-21)24(28-20(2)26)18-10-16-22-13-7-4-8-14-22/h3-18H,1-2H3/b15-9-,16-10-,23-17-,24-18-. The van der Waals surface area contributed by atoms with Crippen LogP contribution in [0.15, 0.2) is 96.5 Å². The predicted octanol–water partition coefficient (Wildman–Crippen LogP) is 5.31. The Bertz CT molecular complexity index is 827. The Morgan fingerprint density at radius 2 is 1.00 bits per heavy atom. The summed E-state index contributed by atoms with van der Waals surface area (Å²) < 4.78 is 10.5. The molecule has 0 N–H and O–H groups in total. The highest BCUT2D eigenvalue weighted by molar-refractivity contribution is 5.71. The lowest BCUT2D eigenvalue weighted by Crippen LogP contribution is -2.07. The summed E-state index contributed by atoms with van der Waals surface area (Å²) in [6, 6.07) is 19.3. The third-order valence-corrected chi connectivity index (χ3v) is 3.42. The quantitative estimate of drug-likeness (QED) is 0.374. The Morgan fingerprint density at radius 3 is 1.32 bits per heavy atom. The second-order valence-corrected chi connectivity index (χ2v) is 5.79. The first-order valence-corrected chi connectivity index (χ1v) is 8.78. The zero-order valence-corrected chi connectivity index (χ0v) is 15.9. The van der Waals surface area contributed by atoms with Gasteiger partial charge in [-0.3, -0.25) is 9.59 Å². The van der Waals surface area contributed by atoms with Gasteiger partial charge in [0, 0.05) is 13.8 Å². The minimum absolute atomic E-state index is 0.146. The van der Waals surface area contributed by atoms with Crippen molar-refractivity contribution in [1.82, 2.24) is 0 Å². The van der Waals surface area contributed by atoms with E-state index in [2.05, 4.69) is 0 Å². The lowest BCUT2D eigenvalue weighted by Gasteiger charge is -2.10. The van der Waals surface area contributed by atoms with Gasteiger partial charge < -0.3 is 9.47 Å². The van der Waals surface area contributed by atoms with Crippen LogP contribution in [0, 0.1) is 0 Å². The fourth-order valence-corrected chi connectivity index (χ4v) is 2.26. The first-order valence-electron chi connectivity index (χ1n) is 8.78. The summed E-state index contributed by atoms with van der Waals surface area (Å²) >= 11 is 0. The Labute approximate surface area is 165 Å². The summed E-state index contributed by atoms with van der Waals surface area (Å²) in [7, 11) is 0. The van der Waals surface area contributed by atoms with Crippen LogP contribution >= 0.6 is 0 Å². The molecule has 0 heterocycles. The number of ether oxygens (including phenoxy) is 2. The topological polar surface area (TPSA) is 52.6 Å². The maximum Gasteiger partial charge on any atom is 0.308 e. The zero-order valence-electron chi connectivity index (χ0n) is 15.9. The van der Waals surface area contributed by atoms with Crippen LogP contribution in [-0.4, -0.2) is 11.9 Å². The van der Waals surface area contributed by atoms with Gasteiger partial charge in [0.15, 0.2) is 11.5 Å². The molecule has 0 atom stereocenters. The van der Waals surface area contributed by atoms with Crippen molar-refractivity contribution in [2.75, 3.05) is 0 Å². The molecule has 0 bridgehead atoms. The van der Waals surface area contributed by atoms with Gasteiger partial charge in [-0.15, -0.1) is 0 Å². The van der Waals surface area contributed by atoms with E-state index in [-0.39, 0.29) is 11.5 Å². The van der Waals surface area contributed by atoms with Crippen molar-refractivity contribution in [2.24, 2.45) is 0 Å². The Kier molecular flexibility index (Phi) is 8.21. The average Bonchev–Trinajstić information content (AvgIpc) is 2.67. The first kappa shape index (κ1) is 20.6. The smallest absolute Gasteiger partial charge is 0.308 e. The van der Waals surface area contributed by atoms with E-state index in [4.69, 9.17) is 9.47 Å². The second kappa shape index (κ2) is 11.1. The molecule has 0 aliphatic rings. The van der Waals surface area contributed by atoms with Crippen molar-refractivity contribution in [3.8, 4) is 0 Å². The molecule has 142 valence electrons. The molecule has 2 aromatic rings. The molecular formula is C24H22O4. The fourth-order valence-electron chi connectivity index (χ4n) is 2.26. The normalized spacial score (nSPS) is 12.4. The number of allylic oxidation sites excluding steroid dienone is 4. The number of hydrogen-bond acceptors (Lipinski definition) is 4. The van der Waals surface area contributed by atoms with Gasteiger partial charge in [-0.25, -0.2) is 0 Å². The summed E-state index contributed by atoms with van der Waals surface area (Å²) in [5.74, 6) is -0.728. The molecule has 0 saturated heterocycles. The summed E-state index contributed by atoms with van der Waals surface area (Å²) in [5, 5.41) is 0. The molecule has 0 amide bonds. The number of hydrogen-bond donors (Lipinski definition) is 0. The minimum atomic E-state index is -0.510. The molecule has 28 heavy (non-hydrogen) atoms. The van der Waals surface area contributed by atoms with Crippen LogP contribution in [0.2, 0.25) is 0 Å². The molecule has 0 spiro atoms. The molecule has 0 aliphatic heterocycles. The van der Waals surface area contributed by atoms with Gasteiger partial charge in [0.05, 0.1) is 0 Å². The third-order valence-electron chi connectivity index (χ3n) is 3.42. The van der Waals surface area contributed by atoms with Crippen molar-refractivity contribution in [3.63, 3.8) is 0 Å². The molecule has 0 unspecified atom stereocenters. The van der Waals surface area contributed by atoms with Gasteiger partial charge in [0.1, 0.15) is 0 Å². The van der Waals surface area contributed by atoms with Gasteiger partial charge in [-0.1, -0.05) is 85.0 Å². The van der Waals surface area contributed by atoms with Gasteiger partial charge in [-0.2, -0.15) is 0 Å². The van der Waals surface area contributed by atoms with E-state index < -0.39 is 11.9 Å². The summed E-state index contributed by atoms with van der Waals surface area (Å²) in [5.41, 5.74) is 1.98. The predicted molar refractivity (Wildman–Crippen MR) is 111 cm³/mol. The summed E-state index contributed by atoms with van der Waals surface area (Å²) in [6.45, 7) is 2.58. The van der Waals surface area contributed by atoms with Crippen LogP contribution in [0.1, 0.15) is 25.0 Å². The van der Waals surface area contributed by atoms with Gasteiger partial charge >= 0.3 is 11.9 Å². The van der Waals surface area contributed by atoms with E-state index in [1.54, 1.807) is 24.3 Å². The Hall–Kier alpha value is -3.66. The highest BCUT2D eigenvalue weighted by Gasteiger charge is 2.12. The van der Waals surface area contributed by atoms with Crippen LogP contribution in [-0.2, 0) is 19.1 Å². The minimum Gasteiger partial charge on any atom is -0.423 e. The lowest BCUT2D eigenvalue weighted by atomic mass is 10.2. The number of benzene rings is 2. The van der Waals surface area contributed by atoms with E-state index in [0.717, 1.165) is 11.1 Å². The third kappa shape index (κ3) is 7.70. The highest BCUT2D eigenvalue weighted by Crippen LogP contribution is 2.16. The molecule has 0 aliphatic carbocycles. The van der Waals surface area contributed by atoms with Crippen molar-refractivity contribution in [3.05, 3.63) is 108 Å². The van der Waals surface area contributed by atoms with Crippen molar-refractivity contribution in [2.45, 2.75) is 13.8 Å². The average molecular weight is 374 g/mol. The van der Waals surface area contributed by atoms with Gasteiger partial charge in [-0.05, 0) is 23.3 Å². The largest absolute Gasteiger partial charge is 0.423 e. The van der Waals surface area contributed by atoms with Crippen molar-refractivity contribution >= 4 is 24.1 Å². The van der Waals surface area contributed by atoms with Crippen LogP contribution in [0.4, 0.5) is 0 Å². The van der Waals surface area contributed by atoms with Crippen LogP contribution in [0.25, 0.3) is 12.2 Å². The van der Waals surface area contributed by atoms with E-state index in [1.165, 1.54) is 13.8 Å². The monoisotopic (exact) mass is 374 g/mol. The second-order valence-electron chi connectivity index (χ2n) is 5.79. The molecule has 4 heteroatoms.